The fraction of sp³-hybridized carbons (Fsp3) is 0.812. The molecule has 0 rings (SSSR count). The molecule has 0 radical (unpaired) electrons. The zero-order valence-corrected chi connectivity index (χ0v) is 12.1. The van der Waals surface area contributed by atoms with Gasteiger partial charge in [0.05, 0.1) is 0 Å². The van der Waals surface area contributed by atoms with Gasteiger partial charge in [-0.25, -0.2) is 0 Å². The van der Waals surface area contributed by atoms with E-state index in [1.165, 1.54) is 25.7 Å². The summed E-state index contributed by atoms with van der Waals surface area (Å²) >= 11 is 0. The molecular weight excluding hydrogens is 240 g/mol. The molecule has 0 aliphatic carbocycles. The number of aliphatic hydroxyl groups is 1. The molecule has 0 unspecified atom stereocenters. The second-order valence-electron chi connectivity index (χ2n) is 5.10. The molecule has 0 heterocycles. The molecule has 2 N–H and O–H groups in total. The third-order valence-corrected chi connectivity index (χ3v) is 3.21. The van der Waals surface area contributed by atoms with Crippen molar-refractivity contribution in [1.29, 1.82) is 0 Å². The third kappa shape index (κ3) is 17.2. The summed E-state index contributed by atoms with van der Waals surface area (Å²) in [5.74, 6) is -0.682. The number of carbonyl (C=O) groups is 1. The van der Waals surface area contributed by atoms with Crippen molar-refractivity contribution < 1.29 is 15.0 Å². The highest BCUT2D eigenvalue weighted by atomic mass is 16.4. The Morgan fingerprint density at radius 1 is 0.737 bits per heavy atom. The van der Waals surface area contributed by atoms with Crippen molar-refractivity contribution in [3.05, 3.63) is 12.2 Å². The van der Waals surface area contributed by atoms with E-state index in [1.54, 1.807) is 0 Å². The molecule has 0 amide bonds. The highest BCUT2D eigenvalue weighted by Crippen LogP contribution is 2.08. The molecule has 0 aliphatic heterocycles. The maximum Gasteiger partial charge on any atom is 0.303 e. The lowest BCUT2D eigenvalue weighted by atomic mass is 10.1. The van der Waals surface area contributed by atoms with Gasteiger partial charge in [0, 0.05) is 13.0 Å². The molecule has 0 saturated heterocycles. The predicted molar refractivity (Wildman–Crippen MR) is 79.3 cm³/mol. The number of rotatable bonds is 14. The molecule has 0 aromatic rings. The molecule has 0 bridgehead atoms. The van der Waals surface area contributed by atoms with Crippen LogP contribution in [0.3, 0.4) is 0 Å². The van der Waals surface area contributed by atoms with E-state index in [1.807, 2.05) is 0 Å². The average Bonchev–Trinajstić information content (AvgIpc) is 2.39. The molecule has 3 heteroatoms. The Morgan fingerprint density at radius 2 is 1.21 bits per heavy atom. The number of carboxylic acids is 1. The first kappa shape index (κ1) is 18.2. The van der Waals surface area contributed by atoms with E-state index in [0.717, 1.165) is 44.9 Å². The van der Waals surface area contributed by atoms with Gasteiger partial charge in [0.25, 0.3) is 0 Å². The molecule has 0 saturated carbocycles. The van der Waals surface area contributed by atoms with Crippen LogP contribution in [0.2, 0.25) is 0 Å². The average molecular weight is 270 g/mol. The van der Waals surface area contributed by atoms with Gasteiger partial charge in [-0.05, 0) is 38.5 Å². The van der Waals surface area contributed by atoms with Gasteiger partial charge < -0.3 is 10.2 Å². The monoisotopic (exact) mass is 270 g/mol. The van der Waals surface area contributed by atoms with E-state index in [9.17, 15) is 4.79 Å². The maximum atomic E-state index is 10.3. The first-order valence-electron chi connectivity index (χ1n) is 7.75. The van der Waals surface area contributed by atoms with Crippen molar-refractivity contribution in [3.63, 3.8) is 0 Å². The number of hydrogen-bond donors (Lipinski definition) is 2. The van der Waals surface area contributed by atoms with Gasteiger partial charge in [-0.3, -0.25) is 4.79 Å². The van der Waals surface area contributed by atoms with Crippen LogP contribution in [0.4, 0.5) is 0 Å². The van der Waals surface area contributed by atoms with Crippen molar-refractivity contribution in [2.45, 2.75) is 77.0 Å². The molecule has 112 valence electrons. The molecule has 0 fully saturated rings. The minimum Gasteiger partial charge on any atom is -0.481 e. The molecule has 19 heavy (non-hydrogen) atoms. The molecule has 0 aromatic carbocycles. The molecule has 0 aromatic heterocycles. The van der Waals surface area contributed by atoms with Gasteiger partial charge in [-0.1, -0.05) is 44.3 Å². The molecule has 0 aliphatic rings. The maximum absolute atomic E-state index is 10.3. The quantitative estimate of drug-likeness (QED) is 0.365. The van der Waals surface area contributed by atoms with Gasteiger partial charge in [-0.15, -0.1) is 0 Å². The summed E-state index contributed by atoms with van der Waals surface area (Å²) in [6.45, 7) is 0.326. The second-order valence-corrected chi connectivity index (χ2v) is 5.10. The summed E-state index contributed by atoms with van der Waals surface area (Å²) in [5, 5.41) is 17.1. The Hall–Kier alpha value is -0.830. The van der Waals surface area contributed by atoms with Crippen molar-refractivity contribution in [1.82, 2.24) is 0 Å². The Balaban J connectivity index is 3.07. The zero-order valence-electron chi connectivity index (χ0n) is 12.1. The SMILES string of the molecule is O=C(O)CCCCCCC=CCCCCCCCO. The first-order chi connectivity index (χ1) is 9.27. The lowest BCUT2D eigenvalue weighted by molar-refractivity contribution is -0.137. The molecule has 0 spiro atoms. The van der Waals surface area contributed by atoms with Crippen molar-refractivity contribution in [2.75, 3.05) is 6.61 Å². The van der Waals surface area contributed by atoms with E-state index in [4.69, 9.17) is 10.2 Å². The summed E-state index contributed by atoms with van der Waals surface area (Å²) in [7, 11) is 0. The van der Waals surface area contributed by atoms with E-state index in [0.29, 0.717) is 13.0 Å². The van der Waals surface area contributed by atoms with Crippen molar-refractivity contribution in [3.8, 4) is 0 Å². The normalized spacial score (nSPS) is 11.2. The lowest BCUT2D eigenvalue weighted by Crippen LogP contribution is -1.93. The van der Waals surface area contributed by atoms with Crippen LogP contribution < -0.4 is 0 Å². The molecular formula is C16H30O3. The smallest absolute Gasteiger partial charge is 0.303 e. The summed E-state index contributed by atoms with van der Waals surface area (Å²) < 4.78 is 0. The van der Waals surface area contributed by atoms with Crippen LogP contribution in [0.15, 0.2) is 12.2 Å². The predicted octanol–water partition coefficient (Wildman–Crippen LogP) is 4.30. The van der Waals surface area contributed by atoms with Crippen LogP contribution in [0, 0.1) is 0 Å². The highest BCUT2D eigenvalue weighted by Gasteiger charge is 1.95. The molecule has 0 atom stereocenters. The highest BCUT2D eigenvalue weighted by molar-refractivity contribution is 5.66. The number of allylic oxidation sites excluding steroid dienone is 2. The number of hydrogen-bond acceptors (Lipinski definition) is 2. The Bertz CT molecular complexity index is 224. The van der Waals surface area contributed by atoms with Gasteiger partial charge in [0.1, 0.15) is 0 Å². The molecule has 3 nitrogen and oxygen atoms in total. The minimum absolute atomic E-state index is 0.312. The van der Waals surface area contributed by atoms with Crippen LogP contribution in [0.1, 0.15) is 77.0 Å². The second kappa shape index (κ2) is 15.2. The Labute approximate surface area is 117 Å². The van der Waals surface area contributed by atoms with E-state index in [2.05, 4.69) is 12.2 Å². The van der Waals surface area contributed by atoms with Gasteiger partial charge in [-0.2, -0.15) is 0 Å². The fourth-order valence-electron chi connectivity index (χ4n) is 2.03. The number of aliphatic hydroxyl groups excluding tert-OH is 1. The van der Waals surface area contributed by atoms with Crippen molar-refractivity contribution in [2.24, 2.45) is 0 Å². The van der Waals surface area contributed by atoms with Gasteiger partial charge >= 0.3 is 5.97 Å². The van der Waals surface area contributed by atoms with Crippen LogP contribution in [0.25, 0.3) is 0 Å². The number of aliphatic carboxylic acids is 1. The van der Waals surface area contributed by atoms with E-state index >= 15 is 0 Å². The van der Waals surface area contributed by atoms with Crippen LogP contribution in [0.5, 0.6) is 0 Å². The fourth-order valence-corrected chi connectivity index (χ4v) is 2.03. The topological polar surface area (TPSA) is 57.5 Å². The summed E-state index contributed by atoms with van der Waals surface area (Å²) in [6.07, 6.45) is 17.1. The van der Waals surface area contributed by atoms with Crippen LogP contribution in [-0.4, -0.2) is 22.8 Å². The summed E-state index contributed by atoms with van der Waals surface area (Å²) in [5.41, 5.74) is 0. The third-order valence-electron chi connectivity index (χ3n) is 3.21. The Kier molecular flexibility index (Phi) is 14.6. The number of carboxylic acid groups (broad SMARTS) is 1. The van der Waals surface area contributed by atoms with Gasteiger partial charge in [0.2, 0.25) is 0 Å². The number of unbranched alkanes of at least 4 members (excludes halogenated alkanes) is 9. The first-order valence-corrected chi connectivity index (χ1v) is 7.75. The van der Waals surface area contributed by atoms with E-state index in [-0.39, 0.29) is 0 Å². The standard InChI is InChI=1S/C16H30O3/c17-15-13-11-9-7-5-3-1-2-4-6-8-10-12-14-16(18)19/h1-2,17H,3-15H2,(H,18,19). The zero-order chi connectivity index (χ0) is 14.2. The van der Waals surface area contributed by atoms with Crippen molar-refractivity contribution >= 4 is 5.97 Å². The largest absolute Gasteiger partial charge is 0.481 e. The lowest BCUT2D eigenvalue weighted by Gasteiger charge is -1.98. The summed E-state index contributed by atoms with van der Waals surface area (Å²) in [4.78, 5) is 10.3. The van der Waals surface area contributed by atoms with Crippen LogP contribution in [-0.2, 0) is 4.79 Å². The Morgan fingerprint density at radius 3 is 1.74 bits per heavy atom. The minimum atomic E-state index is -0.682. The summed E-state index contributed by atoms with van der Waals surface area (Å²) in [6, 6.07) is 0. The van der Waals surface area contributed by atoms with E-state index < -0.39 is 5.97 Å². The van der Waals surface area contributed by atoms with Crippen LogP contribution >= 0.6 is 0 Å². The van der Waals surface area contributed by atoms with Gasteiger partial charge in [0.15, 0.2) is 0 Å².